The summed E-state index contributed by atoms with van der Waals surface area (Å²) in [5, 5.41) is 24.1. The second kappa shape index (κ2) is 6.27. The highest BCUT2D eigenvalue weighted by atomic mass is 16.5. The molecule has 2 aromatic rings. The van der Waals surface area contributed by atoms with Crippen molar-refractivity contribution in [3.63, 3.8) is 0 Å². The fourth-order valence-electron chi connectivity index (χ4n) is 1.97. The van der Waals surface area contributed by atoms with Gasteiger partial charge in [0.1, 0.15) is 5.76 Å². The zero-order valence-electron chi connectivity index (χ0n) is 11.5. The number of hydrogen-bond donors (Lipinski definition) is 1. The van der Waals surface area contributed by atoms with Crippen molar-refractivity contribution in [1.82, 2.24) is 25.4 Å². The molecule has 0 saturated heterocycles. The van der Waals surface area contributed by atoms with Gasteiger partial charge in [-0.15, -0.1) is 5.10 Å². The maximum atomic E-state index is 10.4. The average Bonchev–Trinajstić information content (AvgIpc) is 2.96. The molecule has 2 heterocycles. The van der Waals surface area contributed by atoms with Gasteiger partial charge in [-0.1, -0.05) is 5.16 Å². The Morgan fingerprint density at radius 1 is 1.35 bits per heavy atom. The lowest BCUT2D eigenvalue weighted by molar-refractivity contribution is -0.137. The van der Waals surface area contributed by atoms with Crippen molar-refractivity contribution in [3.8, 4) is 0 Å². The van der Waals surface area contributed by atoms with Crippen LogP contribution in [0.25, 0.3) is 0 Å². The summed E-state index contributed by atoms with van der Waals surface area (Å²) in [6.07, 6.45) is 2.07. The first-order valence-corrected chi connectivity index (χ1v) is 6.46. The number of aliphatic carboxylic acids is 1. The topological polar surface area (TPSA) is 107 Å². The Morgan fingerprint density at radius 2 is 2.15 bits per heavy atom. The number of nitrogens with zero attached hydrogens (tertiary/aromatic N) is 5. The van der Waals surface area contributed by atoms with E-state index in [9.17, 15) is 4.79 Å². The molecule has 108 valence electrons. The van der Waals surface area contributed by atoms with Gasteiger partial charge in [-0.25, -0.2) is 4.68 Å². The zero-order valence-corrected chi connectivity index (χ0v) is 11.5. The average molecular weight is 279 g/mol. The van der Waals surface area contributed by atoms with Crippen LogP contribution in [-0.4, -0.2) is 36.4 Å². The summed E-state index contributed by atoms with van der Waals surface area (Å²) in [5.74, 6) is 0.718. The number of aromatic nitrogens is 5. The molecule has 0 aliphatic heterocycles. The van der Waals surface area contributed by atoms with Gasteiger partial charge in [-0.05, 0) is 37.1 Å². The molecule has 0 aliphatic carbocycles. The molecular formula is C12H17N5O3. The molecule has 0 bridgehead atoms. The highest BCUT2D eigenvalue weighted by Gasteiger charge is 2.14. The van der Waals surface area contributed by atoms with Crippen molar-refractivity contribution in [2.24, 2.45) is 0 Å². The summed E-state index contributed by atoms with van der Waals surface area (Å²) in [5.41, 5.74) is 1.83. The summed E-state index contributed by atoms with van der Waals surface area (Å²) in [4.78, 5) is 10.4. The molecule has 0 atom stereocenters. The maximum Gasteiger partial charge on any atom is 0.303 e. The standard InChI is InChI=1S/C12H17N5O3/c1-8-10(9(2)20-14-8)7-11-13-15-16-17(11)6-4-3-5-12(18)19/h3-7H2,1-2H3,(H,18,19). The monoisotopic (exact) mass is 279 g/mol. The lowest BCUT2D eigenvalue weighted by atomic mass is 10.1. The van der Waals surface area contributed by atoms with Gasteiger partial charge < -0.3 is 9.63 Å². The van der Waals surface area contributed by atoms with Crippen LogP contribution in [0.5, 0.6) is 0 Å². The SMILES string of the molecule is Cc1noc(C)c1Cc1nnnn1CCCCC(=O)O. The van der Waals surface area contributed by atoms with Crippen LogP contribution in [0.1, 0.15) is 42.1 Å². The van der Waals surface area contributed by atoms with E-state index in [4.69, 9.17) is 9.63 Å². The largest absolute Gasteiger partial charge is 0.481 e. The molecule has 0 radical (unpaired) electrons. The van der Waals surface area contributed by atoms with E-state index in [1.165, 1.54) is 0 Å². The second-order valence-corrected chi connectivity index (χ2v) is 4.65. The Bertz CT molecular complexity index is 570. The van der Waals surface area contributed by atoms with Crippen LogP contribution in [0, 0.1) is 13.8 Å². The molecule has 8 nitrogen and oxygen atoms in total. The predicted molar refractivity (Wildman–Crippen MR) is 68.1 cm³/mol. The third-order valence-corrected chi connectivity index (χ3v) is 3.13. The summed E-state index contributed by atoms with van der Waals surface area (Å²) >= 11 is 0. The van der Waals surface area contributed by atoms with Gasteiger partial charge in [0.2, 0.25) is 0 Å². The number of carboxylic acids is 1. The number of unbranched alkanes of at least 4 members (excludes halogenated alkanes) is 1. The van der Waals surface area contributed by atoms with Crippen molar-refractivity contribution in [2.75, 3.05) is 0 Å². The summed E-state index contributed by atoms with van der Waals surface area (Å²) < 4.78 is 6.82. The first-order valence-electron chi connectivity index (χ1n) is 6.46. The van der Waals surface area contributed by atoms with Crippen LogP contribution in [0.15, 0.2) is 4.52 Å². The molecule has 1 N–H and O–H groups in total. The summed E-state index contributed by atoms with van der Waals surface area (Å²) in [6.45, 7) is 4.35. The predicted octanol–water partition coefficient (Wildman–Crippen LogP) is 1.12. The Hall–Kier alpha value is -2.25. The van der Waals surface area contributed by atoms with E-state index in [-0.39, 0.29) is 6.42 Å². The van der Waals surface area contributed by atoms with Crippen LogP contribution in [0.3, 0.4) is 0 Å². The lowest BCUT2D eigenvalue weighted by Gasteiger charge is -2.03. The smallest absolute Gasteiger partial charge is 0.303 e. The fraction of sp³-hybridized carbons (Fsp3) is 0.583. The summed E-state index contributed by atoms with van der Waals surface area (Å²) in [6, 6.07) is 0. The minimum Gasteiger partial charge on any atom is -0.481 e. The molecule has 0 aromatic carbocycles. The normalized spacial score (nSPS) is 10.9. The minimum atomic E-state index is -0.780. The Balaban J connectivity index is 1.97. The quantitative estimate of drug-likeness (QED) is 0.757. The lowest BCUT2D eigenvalue weighted by Crippen LogP contribution is -2.08. The van der Waals surface area contributed by atoms with Gasteiger partial charge in [-0.2, -0.15) is 0 Å². The molecule has 0 aliphatic rings. The van der Waals surface area contributed by atoms with E-state index in [0.29, 0.717) is 19.4 Å². The molecule has 20 heavy (non-hydrogen) atoms. The maximum absolute atomic E-state index is 10.4. The molecule has 0 spiro atoms. The molecule has 0 fully saturated rings. The number of aryl methyl sites for hydroxylation is 3. The highest BCUT2D eigenvalue weighted by Crippen LogP contribution is 2.16. The van der Waals surface area contributed by atoms with Crippen LogP contribution in [0.2, 0.25) is 0 Å². The van der Waals surface area contributed by atoms with Gasteiger partial charge in [0.15, 0.2) is 5.82 Å². The Morgan fingerprint density at radius 3 is 2.80 bits per heavy atom. The van der Waals surface area contributed by atoms with Crippen molar-refractivity contribution in [3.05, 3.63) is 22.8 Å². The molecule has 0 amide bonds. The number of tetrazole rings is 1. The number of rotatable bonds is 7. The minimum absolute atomic E-state index is 0.168. The molecule has 0 saturated carbocycles. The number of carboxylic acid groups (broad SMARTS) is 1. The van der Waals surface area contributed by atoms with E-state index in [1.807, 2.05) is 13.8 Å². The first kappa shape index (κ1) is 14.2. The van der Waals surface area contributed by atoms with Crippen LogP contribution >= 0.6 is 0 Å². The molecule has 2 aromatic heterocycles. The van der Waals surface area contributed by atoms with Crippen LogP contribution < -0.4 is 0 Å². The van der Waals surface area contributed by atoms with E-state index in [2.05, 4.69) is 20.7 Å². The van der Waals surface area contributed by atoms with Crippen LogP contribution in [0.4, 0.5) is 0 Å². The highest BCUT2D eigenvalue weighted by molar-refractivity contribution is 5.66. The second-order valence-electron chi connectivity index (χ2n) is 4.65. The van der Waals surface area contributed by atoms with E-state index >= 15 is 0 Å². The van der Waals surface area contributed by atoms with Gasteiger partial charge in [-0.3, -0.25) is 4.79 Å². The van der Waals surface area contributed by atoms with Gasteiger partial charge in [0, 0.05) is 24.9 Å². The fourth-order valence-corrected chi connectivity index (χ4v) is 1.97. The van der Waals surface area contributed by atoms with Crippen molar-refractivity contribution in [1.29, 1.82) is 0 Å². The van der Waals surface area contributed by atoms with Gasteiger partial charge >= 0.3 is 5.97 Å². The van der Waals surface area contributed by atoms with Crippen molar-refractivity contribution < 1.29 is 14.4 Å². The van der Waals surface area contributed by atoms with Gasteiger partial charge in [0.25, 0.3) is 0 Å². The summed E-state index contributed by atoms with van der Waals surface area (Å²) in [7, 11) is 0. The van der Waals surface area contributed by atoms with E-state index < -0.39 is 5.97 Å². The number of carbonyl (C=O) groups is 1. The molecule has 0 unspecified atom stereocenters. The third-order valence-electron chi connectivity index (χ3n) is 3.13. The van der Waals surface area contributed by atoms with E-state index in [0.717, 1.165) is 29.3 Å². The third kappa shape index (κ3) is 3.40. The Kier molecular flexibility index (Phi) is 4.44. The Labute approximate surface area is 115 Å². The molecular weight excluding hydrogens is 262 g/mol. The van der Waals surface area contributed by atoms with Crippen molar-refractivity contribution >= 4 is 5.97 Å². The van der Waals surface area contributed by atoms with E-state index in [1.54, 1.807) is 4.68 Å². The van der Waals surface area contributed by atoms with Gasteiger partial charge in [0.05, 0.1) is 5.69 Å². The first-order chi connectivity index (χ1) is 9.58. The molecule has 8 heteroatoms. The van der Waals surface area contributed by atoms with Crippen molar-refractivity contribution in [2.45, 2.75) is 46.1 Å². The zero-order chi connectivity index (χ0) is 14.5. The molecule has 2 rings (SSSR count). The van der Waals surface area contributed by atoms with Crippen LogP contribution in [-0.2, 0) is 17.8 Å². The number of hydrogen-bond acceptors (Lipinski definition) is 6.